The van der Waals surface area contributed by atoms with E-state index in [1.165, 1.54) is 12.1 Å². The molecule has 0 bridgehead atoms. The molecule has 1 N–H and O–H groups in total. The van der Waals surface area contributed by atoms with Crippen LogP contribution in [0.5, 0.6) is 5.75 Å². The molecule has 0 heterocycles. The van der Waals surface area contributed by atoms with Crippen molar-refractivity contribution in [3.05, 3.63) is 55.7 Å². The molecular weight excluding hydrogens is 412 g/mol. The maximum atomic E-state index is 13.0. The Kier molecular flexibility index (Phi) is 5.29. The van der Waals surface area contributed by atoms with E-state index in [4.69, 9.17) is 16.3 Å². The minimum Gasteiger partial charge on any atom is -0.495 e. The Morgan fingerprint density at radius 1 is 1.20 bits per heavy atom. The molecule has 0 unspecified atom stereocenters. The number of hydrogen-bond acceptors (Lipinski definition) is 2. The van der Waals surface area contributed by atoms with Gasteiger partial charge in [0.25, 0.3) is 0 Å². The lowest BCUT2D eigenvalue weighted by atomic mass is 10.2. The van der Waals surface area contributed by atoms with E-state index in [1.54, 1.807) is 13.2 Å². The number of rotatable bonds is 4. The summed E-state index contributed by atoms with van der Waals surface area (Å²) in [5, 5.41) is 3.64. The Morgan fingerprint density at radius 2 is 1.95 bits per heavy atom. The Balaban J connectivity index is 2.18. The SMILES string of the molecule is COc1cc(NCc2ccc(F)cc2Cl)c(Br)cc1Br. The molecule has 0 amide bonds. The molecule has 2 rings (SSSR count). The summed E-state index contributed by atoms with van der Waals surface area (Å²) in [6.07, 6.45) is 0. The van der Waals surface area contributed by atoms with Gasteiger partial charge in [-0.3, -0.25) is 0 Å². The smallest absolute Gasteiger partial charge is 0.135 e. The van der Waals surface area contributed by atoms with E-state index in [9.17, 15) is 4.39 Å². The van der Waals surface area contributed by atoms with Gasteiger partial charge in [-0.25, -0.2) is 4.39 Å². The minimum absolute atomic E-state index is 0.342. The molecule has 106 valence electrons. The maximum Gasteiger partial charge on any atom is 0.135 e. The third kappa shape index (κ3) is 3.65. The standard InChI is InChI=1S/C14H11Br2ClFNO/c1-20-14-6-13(10(15)5-11(14)16)19-7-8-2-3-9(18)4-12(8)17/h2-6,19H,7H2,1H3. The fourth-order valence-electron chi connectivity index (χ4n) is 1.68. The zero-order chi connectivity index (χ0) is 14.7. The van der Waals surface area contributed by atoms with Crippen molar-refractivity contribution in [2.45, 2.75) is 6.54 Å². The van der Waals surface area contributed by atoms with Crippen molar-refractivity contribution in [3.8, 4) is 5.75 Å². The van der Waals surface area contributed by atoms with Crippen molar-refractivity contribution in [1.82, 2.24) is 0 Å². The van der Waals surface area contributed by atoms with Gasteiger partial charge >= 0.3 is 0 Å². The van der Waals surface area contributed by atoms with E-state index in [0.29, 0.717) is 11.6 Å². The van der Waals surface area contributed by atoms with Crippen LogP contribution in [0.25, 0.3) is 0 Å². The maximum absolute atomic E-state index is 13.0. The van der Waals surface area contributed by atoms with Crippen LogP contribution in [-0.4, -0.2) is 7.11 Å². The van der Waals surface area contributed by atoms with Gasteiger partial charge in [0.1, 0.15) is 11.6 Å². The van der Waals surface area contributed by atoms with Crippen LogP contribution in [-0.2, 0) is 6.54 Å². The predicted octanol–water partition coefficient (Wildman–Crippen LogP) is 5.62. The second-order valence-electron chi connectivity index (χ2n) is 4.06. The molecular formula is C14H11Br2ClFNO. The summed E-state index contributed by atoms with van der Waals surface area (Å²) in [5.41, 5.74) is 1.69. The monoisotopic (exact) mass is 421 g/mol. The highest BCUT2D eigenvalue weighted by atomic mass is 79.9. The van der Waals surface area contributed by atoms with Gasteiger partial charge < -0.3 is 10.1 Å². The van der Waals surface area contributed by atoms with Crippen LogP contribution in [0, 0.1) is 5.82 Å². The highest BCUT2D eigenvalue weighted by molar-refractivity contribution is 9.11. The summed E-state index contributed by atoms with van der Waals surface area (Å²) in [7, 11) is 1.61. The first kappa shape index (κ1) is 15.6. The molecule has 0 saturated heterocycles. The quantitative estimate of drug-likeness (QED) is 0.689. The van der Waals surface area contributed by atoms with Crippen molar-refractivity contribution in [1.29, 1.82) is 0 Å². The van der Waals surface area contributed by atoms with Crippen molar-refractivity contribution in [2.75, 3.05) is 12.4 Å². The molecule has 0 aliphatic rings. The van der Waals surface area contributed by atoms with Crippen molar-refractivity contribution >= 4 is 49.1 Å². The molecule has 6 heteroatoms. The summed E-state index contributed by atoms with van der Waals surface area (Å²) in [6, 6.07) is 8.11. The number of benzene rings is 2. The van der Waals surface area contributed by atoms with Crippen LogP contribution in [0.3, 0.4) is 0 Å². The van der Waals surface area contributed by atoms with Crippen LogP contribution in [0.2, 0.25) is 5.02 Å². The van der Waals surface area contributed by atoms with E-state index in [0.717, 1.165) is 25.9 Å². The number of methoxy groups -OCH3 is 1. The summed E-state index contributed by atoms with van der Waals surface area (Å²) in [6.45, 7) is 0.489. The average Bonchev–Trinajstić information content (AvgIpc) is 2.39. The van der Waals surface area contributed by atoms with Crippen molar-refractivity contribution < 1.29 is 9.13 Å². The van der Waals surface area contributed by atoms with Gasteiger partial charge in [-0.15, -0.1) is 0 Å². The van der Waals surface area contributed by atoms with Crippen LogP contribution in [0.4, 0.5) is 10.1 Å². The second-order valence-corrected chi connectivity index (χ2v) is 6.17. The van der Waals surface area contributed by atoms with Gasteiger partial charge in [0, 0.05) is 22.1 Å². The number of ether oxygens (including phenoxy) is 1. The normalized spacial score (nSPS) is 10.4. The molecule has 2 nitrogen and oxygen atoms in total. The van der Waals surface area contributed by atoms with Gasteiger partial charge in [-0.05, 0) is 55.6 Å². The summed E-state index contributed by atoms with van der Waals surface area (Å²) in [5.74, 6) is 0.381. The summed E-state index contributed by atoms with van der Waals surface area (Å²) >= 11 is 12.9. The summed E-state index contributed by atoms with van der Waals surface area (Å²) < 4.78 is 20.0. The molecule has 0 aliphatic heterocycles. The highest BCUT2D eigenvalue weighted by Gasteiger charge is 2.08. The number of nitrogens with one attached hydrogen (secondary N) is 1. The lowest BCUT2D eigenvalue weighted by Gasteiger charge is -2.12. The van der Waals surface area contributed by atoms with Gasteiger partial charge in [0.05, 0.1) is 17.3 Å². The molecule has 0 atom stereocenters. The molecule has 0 fully saturated rings. The fourth-order valence-corrected chi connectivity index (χ4v) is 3.21. The van der Waals surface area contributed by atoms with Gasteiger partial charge in [0.2, 0.25) is 0 Å². The van der Waals surface area contributed by atoms with E-state index >= 15 is 0 Å². The Bertz CT molecular complexity index is 637. The zero-order valence-corrected chi connectivity index (χ0v) is 14.4. The van der Waals surface area contributed by atoms with Crippen LogP contribution in [0.1, 0.15) is 5.56 Å². The molecule has 0 saturated carbocycles. The lowest BCUT2D eigenvalue weighted by Crippen LogP contribution is -2.01. The Morgan fingerprint density at radius 3 is 2.60 bits per heavy atom. The van der Waals surface area contributed by atoms with E-state index in [2.05, 4.69) is 37.2 Å². The molecule has 2 aromatic rings. The molecule has 20 heavy (non-hydrogen) atoms. The van der Waals surface area contributed by atoms with Gasteiger partial charge in [0.15, 0.2) is 0 Å². The molecule has 0 aliphatic carbocycles. The number of anilines is 1. The van der Waals surface area contributed by atoms with Crippen LogP contribution in [0.15, 0.2) is 39.3 Å². The molecule has 0 aromatic heterocycles. The fraction of sp³-hybridized carbons (Fsp3) is 0.143. The van der Waals surface area contributed by atoms with Crippen molar-refractivity contribution in [3.63, 3.8) is 0 Å². The lowest BCUT2D eigenvalue weighted by molar-refractivity contribution is 0.412. The van der Waals surface area contributed by atoms with Crippen LogP contribution < -0.4 is 10.1 Å². The third-order valence-electron chi connectivity index (χ3n) is 2.73. The van der Waals surface area contributed by atoms with Crippen LogP contribution >= 0.6 is 43.5 Å². The average molecular weight is 424 g/mol. The van der Waals surface area contributed by atoms with E-state index in [-0.39, 0.29) is 5.82 Å². The molecule has 0 radical (unpaired) electrons. The molecule has 2 aromatic carbocycles. The number of hydrogen-bond donors (Lipinski definition) is 1. The number of halogens is 4. The predicted molar refractivity (Wildman–Crippen MR) is 87.1 cm³/mol. The molecule has 0 spiro atoms. The second kappa shape index (κ2) is 6.78. The van der Waals surface area contributed by atoms with Gasteiger partial charge in [-0.2, -0.15) is 0 Å². The van der Waals surface area contributed by atoms with Gasteiger partial charge in [-0.1, -0.05) is 17.7 Å². The first-order valence-corrected chi connectivity index (χ1v) is 7.68. The zero-order valence-electron chi connectivity index (χ0n) is 10.5. The topological polar surface area (TPSA) is 21.3 Å². The highest BCUT2D eigenvalue weighted by Crippen LogP contribution is 2.35. The Labute approximate surface area is 138 Å². The summed E-state index contributed by atoms with van der Waals surface area (Å²) in [4.78, 5) is 0. The van der Waals surface area contributed by atoms with E-state index in [1.807, 2.05) is 12.1 Å². The first-order chi connectivity index (χ1) is 9.51. The minimum atomic E-state index is -0.342. The third-order valence-corrected chi connectivity index (χ3v) is 4.35. The van der Waals surface area contributed by atoms with E-state index < -0.39 is 0 Å². The Hall–Kier alpha value is -0.780. The van der Waals surface area contributed by atoms with Crippen molar-refractivity contribution in [2.24, 2.45) is 0 Å². The first-order valence-electron chi connectivity index (χ1n) is 5.72. The largest absolute Gasteiger partial charge is 0.495 e.